The van der Waals surface area contributed by atoms with Gasteiger partial charge in [-0.25, -0.2) is 4.79 Å². The summed E-state index contributed by atoms with van der Waals surface area (Å²) in [5, 5.41) is 11.9. The van der Waals surface area contributed by atoms with E-state index in [-0.39, 0.29) is 6.03 Å². The number of carbonyl (C=O) groups is 1. The van der Waals surface area contributed by atoms with E-state index in [1.54, 1.807) is 18.2 Å². The molecule has 0 aromatic heterocycles. The Hall–Kier alpha value is -2.06. The van der Waals surface area contributed by atoms with Crippen molar-refractivity contribution in [2.24, 2.45) is 0 Å². The van der Waals surface area contributed by atoms with Crippen molar-refractivity contribution < 1.29 is 4.79 Å². The first kappa shape index (κ1) is 15.3. The van der Waals surface area contributed by atoms with Gasteiger partial charge in [-0.05, 0) is 25.1 Å². The van der Waals surface area contributed by atoms with Gasteiger partial charge in [0.25, 0.3) is 0 Å². The molecule has 2 amide bonds. The van der Waals surface area contributed by atoms with E-state index in [0.29, 0.717) is 11.3 Å². The molecule has 0 spiro atoms. The summed E-state index contributed by atoms with van der Waals surface area (Å²) in [6.45, 7) is 6.63. The number of hydrogen-bond acceptors (Lipinski definition) is 3. The van der Waals surface area contributed by atoms with Gasteiger partial charge in [0.2, 0.25) is 0 Å². The first-order chi connectivity index (χ1) is 10.2. The van der Waals surface area contributed by atoms with E-state index in [4.69, 9.17) is 5.26 Å². The van der Waals surface area contributed by atoms with Crippen LogP contribution < -0.4 is 5.32 Å². The number of nitrogens with zero attached hydrogens (tertiary/aromatic N) is 3. The summed E-state index contributed by atoms with van der Waals surface area (Å²) in [6.07, 6.45) is 2.41. The van der Waals surface area contributed by atoms with Crippen molar-refractivity contribution in [1.82, 2.24) is 9.80 Å². The zero-order valence-corrected chi connectivity index (χ0v) is 12.5. The van der Waals surface area contributed by atoms with Gasteiger partial charge in [-0.1, -0.05) is 25.5 Å². The minimum Gasteiger partial charge on any atom is -0.322 e. The summed E-state index contributed by atoms with van der Waals surface area (Å²) in [7, 11) is 0. The molecule has 1 aliphatic rings. The molecule has 1 saturated heterocycles. The normalized spacial score (nSPS) is 15.5. The largest absolute Gasteiger partial charge is 0.322 e. The molecule has 2 rings (SSSR count). The quantitative estimate of drug-likeness (QED) is 0.925. The van der Waals surface area contributed by atoms with E-state index in [1.807, 2.05) is 11.0 Å². The number of para-hydroxylation sites is 1. The molecule has 1 heterocycles. The second kappa shape index (κ2) is 7.65. The number of amides is 2. The molecule has 0 atom stereocenters. The Morgan fingerprint density at radius 2 is 2.00 bits per heavy atom. The third-order valence-electron chi connectivity index (χ3n) is 3.78. The molecule has 0 bridgehead atoms. The van der Waals surface area contributed by atoms with Crippen LogP contribution in [0.4, 0.5) is 10.5 Å². The number of nitrogens with one attached hydrogen (secondary N) is 1. The second-order valence-electron chi connectivity index (χ2n) is 5.27. The van der Waals surface area contributed by atoms with Crippen LogP contribution in [0.15, 0.2) is 24.3 Å². The minimum atomic E-state index is -0.118. The highest BCUT2D eigenvalue weighted by Gasteiger charge is 2.21. The van der Waals surface area contributed by atoms with Crippen LogP contribution in [0.2, 0.25) is 0 Å². The van der Waals surface area contributed by atoms with Gasteiger partial charge < -0.3 is 10.2 Å². The van der Waals surface area contributed by atoms with Crippen LogP contribution in [0.5, 0.6) is 0 Å². The van der Waals surface area contributed by atoms with Crippen LogP contribution in [-0.2, 0) is 0 Å². The summed E-state index contributed by atoms with van der Waals surface area (Å²) in [4.78, 5) is 16.5. The predicted molar refractivity (Wildman–Crippen MR) is 83.1 cm³/mol. The van der Waals surface area contributed by atoms with E-state index in [9.17, 15) is 4.79 Å². The molecule has 1 N–H and O–H groups in total. The van der Waals surface area contributed by atoms with Gasteiger partial charge in [0.1, 0.15) is 6.07 Å². The van der Waals surface area contributed by atoms with Crippen molar-refractivity contribution in [3.05, 3.63) is 29.8 Å². The topological polar surface area (TPSA) is 59.4 Å². The molecule has 21 heavy (non-hydrogen) atoms. The fraction of sp³-hybridized carbons (Fsp3) is 0.500. The number of hydrogen-bond donors (Lipinski definition) is 1. The van der Waals surface area contributed by atoms with Gasteiger partial charge >= 0.3 is 6.03 Å². The molecule has 0 saturated carbocycles. The van der Waals surface area contributed by atoms with Crippen molar-refractivity contribution >= 4 is 11.7 Å². The molecule has 1 aromatic rings. The Balaban J connectivity index is 1.86. The SMILES string of the molecule is CCCCN1CCN(C(=O)Nc2ccccc2C#N)CC1. The molecule has 1 fully saturated rings. The molecule has 1 aromatic carbocycles. The number of urea groups is 1. The number of piperazine rings is 1. The Morgan fingerprint density at radius 1 is 1.29 bits per heavy atom. The molecular formula is C16H22N4O. The van der Waals surface area contributed by atoms with Gasteiger partial charge in [-0.3, -0.25) is 4.90 Å². The molecule has 0 radical (unpaired) electrons. The summed E-state index contributed by atoms with van der Waals surface area (Å²) >= 11 is 0. The third kappa shape index (κ3) is 4.20. The Kier molecular flexibility index (Phi) is 5.59. The van der Waals surface area contributed by atoms with E-state index in [1.165, 1.54) is 12.8 Å². The summed E-state index contributed by atoms with van der Waals surface area (Å²) in [5.74, 6) is 0. The maximum atomic E-state index is 12.2. The van der Waals surface area contributed by atoms with E-state index in [0.717, 1.165) is 32.7 Å². The Morgan fingerprint density at radius 3 is 2.67 bits per heavy atom. The van der Waals surface area contributed by atoms with Crippen molar-refractivity contribution in [3.8, 4) is 6.07 Å². The molecule has 0 aliphatic carbocycles. The number of carbonyl (C=O) groups excluding carboxylic acids is 1. The number of anilines is 1. The summed E-state index contributed by atoms with van der Waals surface area (Å²) in [5.41, 5.74) is 1.07. The Bertz CT molecular complexity index is 515. The average molecular weight is 286 g/mol. The maximum absolute atomic E-state index is 12.2. The highest BCUT2D eigenvalue weighted by molar-refractivity contribution is 5.90. The van der Waals surface area contributed by atoms with Crippen LogP contribution in [0.1, 0.15) is 25.3 Å². The van der Waals surface area contributed by atoms with E-state index >= 15 is 0 Å². The summed E-state index contributed by atoms with van der Waals surface area (Å²) in [6, 6.07) is 9.05. The zero-order chi connectivity index (χ0) is 15.1. The van der Waals surface area contributed by atoms with Gasteiger partial charge in [-0.15, -0.1) is 0 Å². The smallest absolute Gasteiger partial charge is 0.321 e. The number of rotatable bonds is 4. The van der Waals surface area contributed by atoms with Crippen LogP contribution in [0.3, 0.4) is 0 Å². The fourth-order valence-corrected chi connectivity index (χ4v) is 2.44. The Labute approximate surface area is 126 Å². The number of nitriles is 1. The summed E-state index contributed by atoms with van der Waals surface area (Å²) < 4.78 is 0. The lowest BCUT2D eigenvalue weighted by atomic mass is 10.2. The van der Waals surface area contributed by atoms with Crippen molar-refractivity contribution in [3.63, 3.8) is 0 Å². The monoisotopic (exact) mass is 286 g/mol. The molecule has 112 valence electrons. The van der Waals surface area contributed by atoms with Crippen LogP contribution in [0.25, 0.3) is 0 Å². The number of benzene rings is 1. The molecule has 0 unspecified atom stereocenters. The van der Waals surface area contributed by atoms with Crippen LogP contribution >= 0.6 is 0 Å². The van der Waals surface area contributed by atoms with Crippen LogP contribution in [0, 0.1) is 11.3 Å². The van der Waals surface area contributed by atoms with Crippen molar-refractivity contribution in [2.45, 2.75) is 19.8 Å². The lowest BCUT2D eigenvalue weighted by molar-refractivity contribution is 0.146. The standard InChI is InChI=1S/C16H22N4O/c1-2-3-8-19-9-11-20(12-10-19)16(21)18-15-7-5-4-6-14(15)13-17/h4-7H,2-3,8-12H2,1H3,(H,18,21). The minimum absolute atomic E-state index is 0.118. The second-order valence-corrected chi connectivity index (χ2v) is 5.27. The van der Waals surface area contributed by atoms with Gasteiger partial charge in [0, 0.05) is 26.2 Å². The van der Waals surface area contributed by atoms with Crippen LogP contribution in [-0.4, -0.2) is 48.6 Å². The lowest BCUT2D eigenvalue weighted by Gasteiger charge is -2.34. The average Bonchev–Trinajstić information content (AvgIpc) is 2.54. The third-order valence-corrected chi connectivity index (χ3v) is 3.78. The van der Waals surface area contributed by atoms with Crippen molar-refractivity contribution in [2.75, 3.05) is 38.0 Å². The maximum Gasteiger partial charge on any atom is 0.321 e. The zero-order valence-electron chi connectivity index (χ0n) is 12.5. The van der Waals surface area contributed by atoms with Gasteiger partial charge in [-0.2, -0.15) is 5.26 Å². The fourth-order valence-electron chi connectivity index (χ4n) is 2.44. The molecule has 5 heteroatoms. The van der Waals surface area contributed by atoms with Gasteiger partial charge in [0.15, 0.2) is 0 Å². The van der Waals surface area contributed by atoms with E-state index < -0.39 is 0 Å². The predicted octanol–water partition coefficient (Wildman–Crippen LogP) is 2.51. The highest BCUT2D eigenvalue weighted by atomic mass is 16.2. The van der Waals surface area contributed by atoms with E-state index in [2.05, 4.69) is 23.2 Å². The first-order valence-corrected chi connectivity index (χ1v) is 7.52. The molecular weight excluding hydrogens is 264 g/mol. The molecule has 5 nitrogen and oxygen atoms in total. The molecule has 1 aliphatic heterocycles. The number of unbranched alkanes of at least 4 members (excludes halogenated alkanes) is 1. The lowest BCUT2D eigenvalue weighted by Crippen LogP contribution is -2.50. The van der Waals surface area contributed by atoms with Gasteiger partial charge in [0.05, 0.1) is 11.3 Å². The first-order valence-electron chi connectivity index (χ1n) is 7.52. The highest BCUT2D eigenvalue weighted by Crippen LogP contribution is 2.15. The van der Waals surface area contributed by atoms with Crippen molar-refractivity contribution in [1.29, 1.82) is 5.26 Å².